The Bertz CT molecular complexity index is 555. The van der Waals surface area contributed by atoms with Crippen molar-refractivity contribution in [3.63, 3.8) is 0 Å². The van der Waals surface area contributed by atoms with Gasteiger partial charge in [-0.15, -0.1) is 10.2 Å². The molecule has 0 saturated heterocycles. The number of hydrogen-bond acceptors (Lipinski definition) is 3. The van der Waals surface area contributed by atoms with E-state index in [0.717, 1.165) is 0 Å². The Balaban J connectivity index is 2.44. The predicted octanol–water partition coefficient (Wildman–Crippen LogP) is 4.64. The van der Waals surface area contributed by atoms with Crippen LogP contribution >= 0.6 is 38.9 Å². The highest BCUT2D eigenvalue weighted by molar-refractivity contribution is 9.10. The third-order valence-corrected chi connectivity index (χ3v) is 3.72. The Kier molecular flexibility index (Phi) is 3.42. The summed E-state index contributed by atoms with van der Waals surface area (Å²) in [7, 11) is 0. The zero-order valence-corrected chi connectivity index (χ0v) is 11.1. The first-order chi connectivity index (χ1) is 7.88. The summed E-state index contributed by atoms with van der Waals surface area (Å²) < 4.78 is 37.6. The Morgan fingerprint density at radius 2 is 1.94 bits per heavy atom. The fraction of sp³-hybridized carbons (Fsp3) is 0.111. The summed E-state index contributed by atoms with van der Waals surface area (Å²) in [4.78, 5) is 0. The van der Waals surface area contributed by atoms with Gasteiger partial charge in [-0.05, 0) is 18.2 Å². The highest BCUT2D eigenvalue weighted by Crippen LogP contribution is 2.37. The molecule has 0 N–H and O–H groups in total. The molecule has 0 atom stereocenters. The quantitative estimate of drug-likeness (QED) is 0.754. The van der Waals surface area contributed by atoms with E-state index in [1.807, 2.05) is 0 Å². The van der Waals surface area contributed by atoms with Crippen molar-refractivity contribution in [1.29, 1.82) is 0 Å². The summed E-state index contributed by atoms with van der Waals surface area (Å²) in [5.41, 5.74) is 0.530. The lowest BCUT2D eigenvalue weighted by Gasteiger charge is -2.00. The van der Waals surface area contributed by atoms with Gasteiger partial charge in [-0.1, -0.05) is 38.9 Å². The SMILES string of the molecule is FC(F)(F)c1nnc(-c2ccc(Cl)cc2Br)s1. The minimum absolute atomic E-state index is 0.195. The van der Waals surface area contributed by atoms with Crippen molar-refractivity contribution in [2.75, 3.05) is 0 Å². The molecule has 0 unspecified atom stereocenters. The molecule has 0 aliphatic heterocycles. The maximum absolute atomic E-state index is 12.4. The van der Waals surface area contributed by atoms with E-state index in [-0.39, 0.29) is 5.01 Å². The number of rotatable bonds is 1. The van der Waals surface area contributed by atoms with Crippen LogP contribution in [0.1, 0.15) is 5.01 Å². The first-order valence-corrected chi connectivity index (χ1v) is 6.23. The molecular weight excluding hydrogens is 341 g/mol. The van der Waals surface area contributed by atoms with Crippen LogP contribution in [0.4, 0.5) is 13.2 Å². The normalized spacial score (nSPS) is 11.8. The van der Waals surface area contributed by atoms with Gasteiger partial charge in [0, 0.05) is 15.1 Å². The number of nitrogens with zero attached hydrogens (tertiary/aromatic N) is 2. The lowest BCUT2D eigenvalue weighted by Crippen LogP contribution is -2.03. The molecule has 1 aromatic heterocycles. The number of alkyl halides is 3. The second kappa shape index (κ2) is 4.55. The smallest absolute Gasteiger partial charge is 0.164 e. The van der Waals surface area contributed by atoms with Gasteiger partial charge in [0.05, 0.1) is 0 Å². The minimum Gasteiger partial charge on any atom is -0.164 e. The molecule has 0 bridgehead atoms. The third kappa shape index (κ3) is 2.78. The molecule has 90 valence electrons. The van der Waals surface area contributed by atoms with Gasteiger partial charge in [0.15, 0.2) is 0 Å². The largest absolute Gasteiger partial charge is 0.445 e. The monoisotopic (exact) mass is 342 g/mol. The van der Waals surface area contributed by atoms with Crippen LogP contribution in [0.15, 0.2) is 22.7 Å². The average Bonchev–Trinajstić information content (AvgIpc) is 2.65. The second-order valence-corrected chi connectivity index (χ2v) is 5.30. The molecule has 0 radical (unpaired) electrons. The van der Waals surface area contributed by atoms with E-state index >= 15 is 0 Å². The van der Waals surface area contributed by atoms with Gasteiger partial charge >= 0.3 is 6.18 Å². The average molecular weight is 344 g/mol. The van der Waals surface area contributed by atoms with Gasteiger partial charge in [0.2, 0.25) is 5.01 Å². The van der Waals surface area contributed by atoms with Crippen molar-refractivity contribution in [3.05, 3.63) is 32.7 Å². The lowest BCUT2D eigenvalue weighted by atomic mass is 10.2. The Labute approximate surface area is 112 Å². The lowest BCUT2D eigenvalue weighted by molar-refractivity contribution is -0.138. The first-order valence-electron chi connectivity index (χ1n) is 4.24. The number of aromatic nitrogens is 2. The van der Waals surface area contributed by atoms with Crippen LogP contribution in [-0.4, -0.2) is 10.2 Å². The molecule has 0 saturated carbocycles. The molecular formula is C9H3BrClF3N2S. The molecule has 1 aromatic carbocycles. The molecule has 2 rings (SSSR count). The maximum atomic E-state index is 12.4. The molecule has 2 nitrogen and oxygen atoms in total. The fourth-order valence-electron chi connectivity index (χ4n) is 1.11. The molecule has 2 aromatic rings. The summed E-state index contributed by atoms with van der Waals surface area (Å²) in [6.45, 7) is 0. The van der Waals surface area contributed by atoms with Crippen LogP contribution < -0.4 is 0 Å². The Morgan fingerprint density at radius 3 is 2.47 bits per heavy atom. The molecule has 1 heterocycles. The second-order valence-electron chi connectivity index (χ2n) is 3.03. The topological polar surface area (TPSA) is 25.8 Å². The first kappa shape index (κ1) is 12.8. The minimum atomic E-state index is -4.46. The molecule has 0 fully saturated rings. The van der Waals surface area contributed by atoms with Crippen LogP contribution in [0, 0.1) is 0 Å². The molecule has 8 heteroatoms. The van der Waals surface area contributed by atoms with Crippen molar-refractivity contribution in [2.45, 2.75) is 6.18 Å². The van der Waals surface area contributed by atoms with Gasteiger partial charge in [-0.25, -0.2) is 0 Å². The van der Waals surface area contributed by atoms with E-state index in [1.165, 1.54) is 0 Å². The molecule has 17 heavy (non-hydrogen) atoms. The predicted molar refractivity (Wildman–Crippen MR) is 63.1 cm³/mol. The van der Waals surface area contributed by atoms with Crippen LogP contribution in [-0.2, 0) is 6.18 Å². The molecule has 0 aliphatic carbocycles. The van der Waals surface area contributed by atoms with Crippen LogP contribution in [0.5, 0.6) is 0 Å². The molecule has 0 aliphatic rings. The van der Waals surface area contributed by atoms with Crippen molar-refractivity contribution < 1.29 is 13.2 Å². The summed E-state index contributed by atoms with van der Waals surface area (Å²) in [6, 6.07) is 4.76. The number of halogens is 5. The summed E-state index contributed by atoms with van der Waals surface area (Å²) in [6.07, 6.45) is -4.46. The van der Waals surface area contributed by atoms with E-state index in [9.17, 15) is 13.2 Å². The summed E-state index contributed by atoms with van der Waals surface area (Å²) in [5.74, 6) is 0. The van der Waals surface area contributed by atoms with Crippen molar-refractivity contribution in [2.24, 2.45) is 0 Å². The van der Waals surface area contributed by atoms with Gasteiger partial charge in [-0.2, -0.15) is 13.2 Å². The third-order valence-electron chi connectivity index (χ3n) is 1.83. The van der Waals surface area contributed by atoms with Crippen LogP contribution in [0.25, 0.3) is 10.6 Å². The van der Waals surface area contributed by atoms with Gasteiger partial charge in [0.25, 0.3) is 0 Å². The fourth-order valence-corrected chi connectivity index (χ4v) is 2.86. The molecule has 0 spiro atoms. The summed E-state index contributed by atoms with van der Waals surface area (Å²) in [5, 5.41) is 6.35. The molecule has 0 amide bonds. The van der Waals surface area contributed by atoms with Gasteiger partial charge < -0.3 is 0 Å². The Hall–Kier alpha value is -0.660. The Morgan fingerprint density at radius 1 is 1.24 bits per heavy atom. The van der Waals surface area contributed by atoms with E-state index in [4.69, 9.17) is 11.6 Å². The van der Waals surface area contributed by atoms with Crippen LogP contribution in [0.3, 0.4) is 0 Å². The van der Waals surface area contributed by atoms with Crippen molar-refractivity contribution >= 4 is 38.9 Å². The summed E-state index contributed by atoms with van der Waals surface area (Å²) >= 11 is 9.45. The number of benzene rings is 1. The standard InChI is InChI=1S/C9H3BrClF3N2S/c10-6-3-4(11)1-2-5(6)7-15-16-8(17-7)9(12,13)14/h1-3H. The van der Waals surface area contributed by atoms with Crippen molar-refractivity contribution in [1.82, 2.24) is 10.2 Å². The maximum Gasteiger partial charge on any atom is 0.445 e. The van der Waals surface area contributed by atoms with Gasteiger partial charge in [0.1, 0.15) is 5.01 Å². The van der Waals surface area contributed by atoms with Gasteiger partial charge in [-0.3, -0.25) is 0 Å². The van der Waals surface area contributed by atoms with E-state index < -0.39 is 11.2 Å². The highest BCUT2D eigenvalue weighted by Gasteiger charge is 2.35. The van der Waals surface area contributed by atoms with Crippen LogP contribution in [0.2, 0.25) is 5.02 Å². The highest BCUT2D eigenvalue weighted by atomic mass is 79.9. The van der Waals surface area contributed by atoms with E-state index in [2.05, 4.69) is 26.1 Å². The van der Waals surface area contributed by atoms with E-state index in [1.54, 1.807) is 18.2 Å². The number of hydrogen-bond donors (Lipinski definition) is 0. The van der Waals surface area contributed by atoms with Crippen molar-refractivity contribution in [3.8, 4) is 10.6 Å². The van der Waals surface area contributed by atoms with E-state index in [0.29, 0.717) is 26.4 Å². The zero-order valence-electron chi connectivity index (χ0n) is 7.92. The zero-order chi connectivity index (χ0) is 12.6.